The van der Waals surface area contributed by atoms with E-state index < -0.39 is 0 Å². The average molecular weight is 280 g/mol. The molecule has 0 atom stereocenters. The summed E-state index contributed by atoms with van der Waals surface area (Å²) in [4.78, 5) is 14.9. The number of benzene rings is 1. The Hall–Kier alpha value is -1.16. The lowest BCUT2D eigenvalue weighted by Crippen LogP contribution is -2.34. The first-order chi connectivity index (χ1) is 8.85. The number of amides is 2. The standard InChI is InChI=1S/C15H24N2OS/c1-6-17(7-2)14(18)16-12-8-10-13(11-9-12)19-15(3,4)5/h8-11H,6-7H2,1-5H3,(H,16,18). The summed E-state index contributed by atoms with van der Waals surface area (Å²) in [5.74, 6) is 0. The summed E-state index contributed by atoms with van der Waals surface area (Å²) < 4.78 is 0.200. The third-order valence-corrected chi connectivity index (χ3v) is 3.70. The van der Waals surface area contributed by atoms with Crippen LogP contribution in [0.25, 0.3) is 0 Å². The molecule has 0 aliphatic heterocycles. The van der Waals surface area contributed by atoms with Gasteiger partial charge in [0.05, 0.1) is 0 Å². The number of carbonyl (C=O) groups is 1. The van der Waals surface area contributed by atoms with Crippen LogP contribution >= 0.6 is 11.8 Å². The molecule has 0 saturated carbocycles. The minimum atomic E-state index is -0.0405. The van der Waals surface area contributed by atoms with Gasteiger partial charge < -0.3 is 10.2 Å². The zero-order valence-corrected chi connectivity index (χ0v) is 13.3. The molecular formula is C15H24N2OS. The zero-order chi connectivity index (χ0) is 14.5. The first kappa shape index (κ1) is 15.9. The average Bonchev–Trinajstić information content (AvgIpc) is 2.31. The topological polar surface area (TPSA) is 32.3 Å². The van der Waals surface area contributed by atoms with Gasteiger partial charge in [-0.3, -0.25) is 0 Å². The number of hydrogen-bond donors (Lipinski definition) is 1. The smallest absolute Gasteiger partial charge is 0.321 e. The Morgan fingerprint density at radius 2 is 1.68 bits per heavy atom. The second-order valence-corrected chi connectivity index (χ2v) is 7.24. The quantitative estimate of drug-likeness (QED) is 0.826. The molecule has 1 aromatic rings. The molecule has 106 valence electrons. The Balaban J connectivity index is 2.64. The van der Waals surface area contributed by atoms with Gasteiger partial charge in [-0.2, -0.15) is 0 Å². The normalized spacial score (nSPS) is 11.2. The summed E-state index contributed by atoms with van der Waals surface area (Å²) in [6.45, 7) is 12.0. The van der Waals surface area contributed by atoms with Crippen molar-refractivity contribution in [1.29, 1.82) is 0 Å². The number of thioether (sulfide) groups is 1. The highest BCUT2D eigenvalue weighted by molar-refractivity contribution is 8.00. The largest absolute Gasteiger partial charge is 0.325 e. The maximum Gasteiger partial charge on any atom is 0.321 e. The molecule has 0 fully saturated rings. The van der Waals surface area contributed by atoms with Crippen molar-refractivity contribution in [3.05, 3.63) is 24.3 Å². The molecule has 0 aliphatic carbocycles. The second kappa shape index (κ2) is 6.85. The monoisotopic (exact) mass is 280 g/mol. The van der Waals surface area contributed by atoms with Crippen LogP contribution in [0, 0.1) is 0 Å². The van der Waals surface area contributed by atoms with E-state index in [2.05, 4.69) is 26.1 Å². The third-order valence-electron chi connectivity index (χ3n) is 2.58. The van der Waals surface area contributed by atoms with E-state index in [1.807, 2.05) is 49.9 Å². The predicted octanol–water partition coefficient (Wildman–Crippen LogP) is 4.45. The number of hydrogen-bond acceptors (Lipinski definition) is 2. The van der Waals surface area contributed by atoms with Gasteiger partial charge in [-0.1, -0.05) is 20.8 Å². The highest BCUT2D eigenvalue weighted by atomic mass is 32.2. The summed E-state index contributed by atoms with van der Waals surface area (Å²) in [5.41, 5.74) is 0.843. The number of carbonyl (C=O) groups excluding carboxylic acids is 1. The highest BCUT2D eigenvalue weighted by Gasteiger charge is 2.12. The first-order valence-electron chi connectivity index (χ1n) is 6.70. The van der Waals surface area contributed by atoms with Crippen LogP contribution in [0.15, 0.2) is 29.2 Å². The van der Waals surface area contributed by atoms with Gasteiger partial charge in [0, 0.05) is 28.4 Å². The molecule has 0 saturated heterocycles. The van der Waals surface area contributed by atoms with Gasteiger partial charge in [0.25, 0.3) is 0 Å². The molecule has 4 heteroatoms. The summed E-state index contributed by atoms with van der Waals surface area (Å²) in [6, 6.07) is 7.97. The lowest BCUT2D eigenvalue weighted by Gasteiger charge is -2.20. The molecular weight excluding hydrogens is 256 g/mol. The van der Waals surface area contributed by atoms with Gasteiger partial charge in [0.2, 0.25) is 0 Å². The van der Waals surface area contributed by atoms with Crippen molar-refractivity contribution in [3.63, 3.8) is 0 Å². The summed E-state index contributed by atoms with van der Waals surface area (Å²) >= 11 is 1.82. The Bertz CT molecular complexity index is 405. The maximum atomic E-state index is 11.9. The van der Waals surface area contributed by atoms with Crippen molar-refractivity contribution in [2.24, 2.45) is 0 Å². The number of anilines is 1. The van der Waals surface area contributed by atoms with E-state index in [0.29, 0.717) is 0 Å². The highest BCUT2D eigenvalue weighted by Crippen LogP contribution is 2.32. The second-order valence-electron chi connectivity index (χ2n) is 5.34. The molecule has 0 bridgehead atoms. The van der Waals surface area contributed by atoms with Crippen molar-refractivity contribution in [1.82, 2.24) is 4.90 Å². The van der Waals surface area contributed by atoms with E-state index >= 15 is 0 Å². The molecule has 1 rings (SSSR count). The fraction of sp³-hybridized carbons (Fsp3) is 0.533. The van der Waals surface area contributed by atoms with Crippen molar-refractivity contribution >= 4 is 23.5 Å². The van der Waals surface area contributed by atoms with Gasteiger partial charge in [0.15, 0.2) is 0 Å². The van der Waals surface area contributed by atoms with E-state index in [-0.39, 0.29) is 10.8 Å². The van der Waals surface area contributed by atoms with Crippen LogP contribution in [-0.2, 0) is 0 Å². The number of rotatable bonds is 4. The Morgan fingerprint density at radius 1 is 1.16 bits per heavy atom. The molecule has 1 N–H and O–H groups in total. The van der Waals surface area contributed by atoms with Gasteiger partial charge in [-0.05, 0) is 38.1 Å². The maximum absolute atomic E-state index is 11.9. The lowest BCUT2D eigenvalue weighted by molar-refractivity contribution is 0.217. The van der Waals surface area contributed by atoms with Gasteiger partial charge in [-0.25, -0.2) is 4.79 Å². The van der Waals surface area contributed by atoms with Crippen LogP contribution < -0.4 is 5.32 Å². The number of urea groups is 1. The molecule has 0 aliphatic rings. The van der Waals surface area contributed by atoms with E-state index in [0.717, 1.165) is 18.8 Å². The van der Waals surface area contributed by atoms with Crippen molar-refractivity contribution < 1.29 is 4.79 Å². The molecule has 1 aromatic carbocycles. The molecule has 0 heterocycles. The van der Waals surface area contributed by atoms with E-state index in [1.165, 1.54) is 4.90 Å². The van der Waals surface area contributed by atoms with Crippen molar-refractivity contribution in [3.8, 4) is 0 Å². The Labute approximate surface area is 120 Å². The van der Waals surface area contributed by atoms with Crippen LogP contribution in [0.4, 0.5) is 10.5 Å². The molecule has 0 radical (unpaired) electrons. The minimum absolute atomic E-state index is 0.0405. The van der Waals surface area contributed by atoms with Crippen LogP contribution in [0.5, 0.6) is 0 Å². The summed E-state index contributed by atoms with van der Waals surface area (Å²) in [5, 5.41) is 2.91. The zero-order valence-electron chi connectivity index (χ0n) is 12.5. The van der Waals surface area contributed by atoms with E-state index in [9.17, 15) is 4.79 Å². The minimum Gasteiger partial charge on any atom is -0.325 e. The third kappa shape index (κ3) is 5.55. The molecule has 0 spiro atoms. The molecule has 19 heavy (non-hydrogen) atoms. The Kier molecular flexibility index (Phi) is 5.73. The Morgan fingerprint density at radius 3 is 2.11 bits per heavy atom. The van der Waals surface area contributed by atoms with Crippen LogP contribution in [-0.4, -0.2) is 28.8 Å². The SMILES string of the molecule is CCN(CC)C(=O)Nc1ccc(SC(C)(C)C)cc1. The van der Waals surface area contributed by atoms with E-state index in [4.69, 9.17) is 0 Å². The predicted molar refractivity (Wildman–Crippen MR) is 84.0 cm³/mol. The molecule has 3 nitrogen and oxygen atoms in total. The molecule has 0 aromatic heterocycles. The number of nitrogens with zero attached hydrogens (tertiary/aromatic N) is 1. The van der Waals surface area contributed by atoms with Gasteiger partial charge in [-0.15, -0.1) is 11.8 Å². The van der Waals surface area contributed by atoms with E-state index in [1.54, 1.807) is 4.90 Å². The molecule has 0 unspecified atom stereocenters. The number of nitrogens with one attached hydrogen (secondary N) is 1. The van der Waals surface area contributed by atoms with Crippen LogP contribution in [0.1, 0.15) is 34.6 Å². The first-order valence-corrected chi connectivity index (χ1v) is 7.52. The van der Waals surface area contributed by atoms with Crippen LogP contribution in [0.3, 0.4) is 0 Å². The summed E-state index contributed by atoms with van der Waals surface area (Å²) in [7, 11) is 0. The van der Waals surface area contributed by atoms with Crippen molar-refractivity contribution in [2.45, 2.75) is 44.3 Å². The fourth-order valence-electron chi connectivity index (χ4n) is 1.67. The van der Waals surface area contributed by atoms with Gasteiger partial charge in [0.1, 0.15) is 0 Å². The van der Waals surface area contributed by atoms with Crippen molar-refractivity contribution in [2.75, 3.05) is 18.4 Å². The fourth-order valence-corrected chi connectivity index (χ4v) is 2.65. The lowest BCUT2D eigenvalue weighted by atomic mass is 10.3. The van der Waals surface area contributed by atoms with Crippen LogP contribution in [0.2, 0.25) is 0 Å². The summed E-state index contributed by atoms with van der Waals surface area (Å²) in [6.07, 6.45) is 0. The molecule has 2 amide bonds. The van der Waals surface area contributed by atoms with Gasteiger partial charge >= 0.3 is 6.03 Å².